The topological polar surface area (TPSA) is 89.9 Å². The summed E-state index contributed by atoms with van der Waals surface area (Å²) in [6.07, 6.45) is 0. The first-order valence-corrected chi connectivity index (χ1v) is 6.06. The van der Waals surface area contributed by atoms with E-state index in [1.54, 1.807) is 0 Å². The first kappa shape index (κ1) is 13.6. The number of benzene rings is 1. The molecule has 0 aromatic heterocycles. The predicted molar refractivity (Wildman–Crippen MR) is 58.2 cm³/mol. The van der Waals surface area contributed by atoms with Crippen LogP contribution in [0.25, 0.3) is 0 Å². The summed E-state index contributed by atoms with van der Waals surface area (Å²) in [5.74, 6) is -0.197. The summed E-state index contributed by atoms with van der Waals surface area (Å²) in [6, 6.07) is 5.53. The van der Waals surface area contributed by atoms with E-state index < -0.39 is 29.1 Å². The van der Waals surface area contributed by atoms with Crippen molar-refractivity contribution in [2.45, 2.75) is 4.90 Å². The van der Waals surface area contributed by atoms with Gasteiger partial charge in [-0.25, -0.2) is 0 Å². The number of hydrogen-bond donors (Lipinski definition) is 1. The first-order valence-electron chi connectivity index (χ1n) is 4.65. The minimum Gasteiger partial charge on any atom is -0.497 e. The van der Waals surface area contributed by atoms with Gasteiger partial charge in [0.05, 0.1) is 12.0 Å². The van der Waals surface area contributed by atoms with E-state index >= 15 is 0 Å². The van der Waals surface area contributed by atoms with Gasteiger partial charge in [0.1, 0.15) is 19.0 Å². The van der Waals surface area contributed by atoms with Crippen molar-refractivity contribution in [3.05, 3.63) is 24.3 Å². The Morgan fingerprint density at radius 3 is 2.35 bits per heavy atom. The monoisotopic (exact) mass is 260 g/mol. The summed E-state index contributed by atoms with van der Waals surface area (Å²) in [5.41, 5.74) is 0. The molecule has 1 N–H and O–H groups in total. The number of aliphatic hydroxyl groups excluding tert-OH is 1. The highest BCUT2D eigenvalue weighted by atomic mass is 32.2. The van der Waals surface area contributed by atoms with E-state index in [4.69, 9.17) is 9.84 Å². The van der Waals surface area contributed by atoms with Gasteiger partial charge in [-0.05, 0) is 24.3 Å². The van der Waals surface area contributed by atoms with Gasteiger partial charge in [-0.15, -0.1) is 0 Å². The van der Waals surface area contributed by atoms with Gasteiger partial charge in [-0.2, -0.15) is 8.42 Å². The lowest BCUT2D eigenvalue weighted by Gasteiger charge is -2.05. The fraction of sp³-hybridized carbons (Fsp3) is 0.300. The Kier molecular flexibility index (Phi) is 4.62. The molecule has 0 fully saturated rings. The number of methoxy groups -OCH3 is 1. The molecule has 17 heavy (non-hydrogen) atoms. The van der Waals surface area contributed by atoms with Crippen molar-refractivity contribution in [1.29, 1.82) is 0 Å². The number of carbonyl (C=O) groups excluding carboxylic acids is 1. The molecule has 0 amide bonds. The summed E-state index contributed by atoms with van der Waals surface area (Å²) in [5, 5.41) is 8.43. The van der Waals surface area contributed by atoms with E-state index in [-0.39, 0.29) is 4.90 Å². The van der Waals surface area contributed by atoms with Crippen LogP contribution in [-0.2, 0) is 19.1 Å². The van der Waals surface area contributed by atoms with Crippen molar-refractivity contribution in [2.75, 3.05) is 20.3 Å². The van der Waals surface area contributed by atoms with Gasteiger partial charge in [-0.3, -0.25) is 8.98 Å². The van der Waals surface area contributed by atoms with Gasteiger partial charge < -0.3 is 9.84 Å². The van der Waals surface area contributed by atoms with E-state index in [2.05, 4.69) is 4.18 Å². The molecule has 1 aromatic carbocycles. The molecule has 0 saturated carbocycles. The minimum atomic E-state index is -3.98. The van der Waals surface area contributed by atoms with Gasteiger partial charge in [-0.1, -0.05) is 0 Å². The molecule has 94 valence electrons. The molecule has 0 aliphatic carbocycles. The molecule has 0 radical (unpaired) electrons. The molecule has 1 rings (SSSR count). The smallest absolute Gasteiger partial charge is 0.297 e. The van der Waals surface area contributed by atoms with E-state index in [0.29, 0.717) is 5.75 Å². The second-order valence-electron chi connectivity index (χ2n) is 3.09. The van der Waals surface area contributed by atoms with Crippen LogP contribution in [0.1, 0.15) is 0 Å². The molecule has 1 aromatic rings. The van der Waals surface area contributed by atoms with Crippen molar-refractivity contribution in [2.24, 2.45) is 0 Å². The quantitative estimate of drug-likeness (QED) is 0.722. The molecule has 0 atom stereocenters. The summed E-state index contributed by atoms with van der Waals surface area (Å²) in [6.45, 7) is -1.43. The first-order chi connectivity index (χ1) is 7.99. The van der Waals surface area contributed by atoms with Crippen molar-refractivity contribution in [1.82, 2.24) is 0 Å². The second-order valence-corrected chi connectivity index (χ2v) is 4.70. The Bertz CT molecular complexity index is 476. The Morgan fingerprint density at radius 1 is 1.29 bits per heavy atom. The van der Waals surface area contributed by atoms with Crippen molar-refractivity contribution in [3.63, 3.8) is 0 Å². The Hall–Kier alpha value is -1.44. The second kappa shape index (κ2) is 5.76. The lowest BCUT2D eigenvalue weighted by molar-refractivity contribution is -0.123. The van der Waals surface area contributed by atoms with E-state index in [1.165, 1.54) is 31.4 Å². The highest BCUT2D eigenvalue weighted by Crippen LogP contribution is 2.17. The van der Waals surface area contributed by atoms with Crippen LogP contribution in [-0.4, -0.2) is 39.6 Å². The largest absolute Gasteiger partial charge is 0.497 e. The van der Waals surface area contributed by atoms with Crippen LogP contribution >= 0.6 is 0 Å². The summed E-state index contributed by atoms with van der Waals surface area (Å²) < 4.78 is 32.4. The third-order valence-corrected chi connectivity index (χ3v) is 3.18. The lowest BCUT2D eigenvalue weighted by Crippen LogP contribution is -2.16. The minimum absolute atomic E-state index is 0.0796. The SMILES string of the molecule is COc1ccc(S(=O)(=O)OCC(=O)CO)cc1. The molecule has 0 spiro atoms. The fourth-order valence-electron chi connectivity index (χ4n) is 0.999. The van der Waals surface area contributed by atoms with Gasteiger partial charge in [0.25, 0.3) is 10.1 Å². The molecule has 0 aliphatic heterocycles. The summed E-state index contributed by atoms with van der Waals surface area (Å²) in [7, 11) is -2.52. The number of ether oxygens (including phenoxy) is 1. The predicted octanol–water partition coefficient (Wildman–Crippen LogP) is -0.0381. The van der Waals surface area contributed by atoms with Crippen molar-refractivity contribution in [3.8, 4) is 5.75 Å². The van der Waals surface area contributed by atoms with Crippen LogP contribution in [0.15, 0.2) is 29.2 Å². The van der Waals surface area contributed by atoms with Crippen LogP contribution in [0.5, 0.6) is 5.75 Å². The van der Waals surface area contributed by atoms with E-state index in [9.17, 15) is 13.2 Å². The zero-order chi connectivity index (χ0) is 12.9. The van der Waals surface area contributed by atoms with Crippen LogP contribution in [0, 0.1) is 0 Å². The van der Waals surface area contributed by atoms with Gasteiger partial charge in [0, 0.05) is 0 Å². The fourth-order valence-corrected chi connectivity index (χ4v) is 1.89. The molecule has 0 bridgehead atoms. The molecular weight excluding hydrogens is 248 g/mol. The molecule has 0 heterocycles. The number of Topliss-reactive ketones (excluding diaryl/α,β-unsaturated/α-hetero) is 1. The summed E-state index contributed by atoms with van der Waals surface area (Å²) in [4.78, 5) is 10.7. The van der Waals surface area contributed by atoms with Gasteiger partial charge in [0.2, 0.25) is 0 Å². The maximum absolute atomic E-state index is 11.6. The van der Waals surface area contributed by atoms with Crippen LogP contribution in [0.4, 0.5) is 0 Å². The lowest BCUT2D eigenvalue weighted by atomic mass is 10.3. The maximum atomic E-state index is 11.6. The molecular formula is C10H12O6S. The highest BCUT2D eigenvalue weighted by Gasteiger charge is 2.16. The number of carbonyl (C=O) groups is 1. The van der Waals surface area contributed by atoms with Gasteiger partial charge in [0.15, 0.2) is 5.78 Å². The average molecular weight is 260 g/mol. The Balaban J connectivity index is 2.78. The number of hydrogen-bond acceptors (Lipinski definition) is 6. The number of rotatable bonds is 6. The molecule has 0 aliphatic rings. The summed E-state index contributed by atoms with van der Waals surface area (Å²) >= 11 is 0. The van der Waals surface area contributed by atoms with Crippen molar-refractivity contribution < 1.29 is 27.2 Å². The molecule has 7 heteroatoms. The average Bonchev–Trinajstić information content (AvgIpc) is 2.36. The normalized spacial score (nSPS) is 11.2. The maximum Gasteiger partial charge on any atom is 0.297 e. The van der Waals surface area contributed by atoms with Crippen molar-refractivity contribution >= 4 is 15.9 Å². The zero-order valence-electron chi connectivity index (χ0n) is 9.12. The van der Waals surface area contributed by atoms with Crippen LogP contribution < -0.4 is 4.74 Å². The molecule has 6 nitrogen and oxygen atoms in total. The molecule has 0 saturated heterocycles. The van der Waals surface area contributed by atoms with Crippen LogP contribution in [0.2, 0.25) is 0 Å². The number of aliphatic hydroxyl groups is 1. The molecule has 0 unspecified atom stereocenters. The number of ketones is 1. The van der Waals surface area contributed by atoms with Gasteiger partial charge >= 0.3 is 0 Å². The third kappa shape index (κ3) is 3.81. The van der Waals surface area contributed by atoms with E-state index in [0.717, 1.165) is 0 Å². The zero-order valence-corrected chi connectivity index (χ0v) is 9.94. The van der Waals surface area contributed by atoms with E-state index in [1.807, 2.05) is 0 Å². The Labute approximate surface area is 98.9 Å². The third-order valence-electron chi connectivity index (χ3n) is 1.90. The van der Waals surface area contributed by atoms with Crippen LogP contribution in [0.3, 0.4) is 0 Å². The standard InChI is InChI=1S/C10H12O6S/c1-15-9-2-4-10(5-3-9)17(13,14)16-7-8(12)6-11/h2-5,11H,6-7H2,1H3. The Morgan fingerprint density at radius 2 is 1.88 bits per heavy atom. The highest BCUT2D eigenvalue weighted by molar-refractivity contribution is 7.86.